The van der Waals surface area contributed by atoms with Crippen LogP contribution in [0.3, 0.4) is 0 Å². The van der Waals surface area contributed by atoms with Gasteiger partial charge in [0.2, 0.25) is 0 Å². The highest BCUT2D eigenvalue weighted by atomic mass is 16.4. The highest BCUT2D eigenvalue weighted by molar-refractivity contribution is 5.77. The first-order valence-electron chi connectivity index (χ1n) is 11.7. The third kappa shape index (κ3) is 7.14. The van der Waals surface area contributed by atoms with E-state index in [0.29, 0.717) is 0 Å². The number of carboxylic acids is 2. The van der Waals surface area contributed by atoms with Gasteiger partial charge in [0.05, 0.1) is 10.8 Å². The van der Waals surface area contributed by atoms with Gasteiger partial charge in [0.15, 0.2) is 0 Å². The first-order valence-corrected chi connectivity index (χ1v) is 11.7. The zero-order valence-corrected chi connectivity index (χ0v) is 19.1. The van der Waals surface area contributed by atoms with E-state index in [4.69, 9.17) is 0 Å². The van der Waals surface area contributed by atoms with E-state index in [1.165, 1.54) is 16.7 Å². The van der Waals surface area contributed by atoms with Crippen molar-refractivity contribution < 1.29 is 19.8 Å². The fraction of sp³-hybridized carbons (Fsp3) is 0.692. The van der Waals surface area contributed by atoms with E-state index in [0.717, 1.165) is 83.5 Å². The minimum absolute atomic E-state index is 0.381. The molecule has 1 aliphatic carbocycles. The quantitative estimate of drug-likeness (QED) is 0.317. The molecule has 0 radical (unpaired) electrons. The predicted molar refractivity (Wildman–Crippen MR) is 121 cm³/mol. The first kappa shape index (κ1) is 24.4. The van der Waals surface area contributed by atoms with E-state index in [2.05, 4.69) is 25.1 Å². The molecule has 0 aliphatic heterocycles. The molecule has 1 fully saturated rings. The number of benzene rings is 1. The number of unbranched alkanes of at least 4 members (excludes halogenated alkanes) is 5. The smallest absolute Gasteiger partial charge is 0.309 e. The Hall–Kier alpha value is -1.84. The zero-order valence-electron chi connectivity index (χ0n) is 19.1. The summed E-state index contributed by atoms with van der Waals surface area (Å²) in [6.07, 6.45) is 13.0. The lowest BCUT2D eigenvalue weighted by Gasteiger charge is -2.18. The van der Waals surface area contributed by atoms with Crippen LogP contribution in [0, 0.1) is 17.8 Å². The largest absolute Gasteiger partial charge is 0.481 e. The van der Waals surface area contributed by atoms with Crippen molar-refractivity contribution in [2.45, 2.75) is 104 Å². The van der Waals surface area contributed by atoms with Crippen molar-refractivity contribution in [3.63, 3.8) is 0 Å². The van der Waals surface area contributed by atoms with E-state index >= 15 is 0 Å². The lowest BCUT2D eigenvalue weighted by atomic mass is 9.87. The molecule has 0 aromatic heterocycles. The van der Waals surface area contributed by atoms with E-state index in [1.54, 1.807) is 13.8 Å². The normalized spacial score (nSPS) is 15.2. The summed E-state index contributed by atoms with van der Waals surface area (Å²) in [6, 6.07) is 6.59. The van der Waals surface area contributed by atoms with E-state index in [9.17, 15) is 19.8 Å². The van der Waals surface area contributed by atoms with Gasteiger partial charge in [0.1, 0.15) is 0 Å². The maximum Gasteiger partial charge on any atom is 0.309 e. The molecule has 4 nitrogen and oxygen atoms in total. The number of carbonyl (C=O) groups is 2. The highest BCUT2D eigenvalue weighted by Gasteiger charge is 2.49. The van der Waals surface area contributed by atoms with Crippen LogP contribution in [0.2, 0.25) is 0 Å². The van der Waals surface area contributed by atoms with Crippen molar-refractivity contribution in [2.24, 2.45) is 10.8 Å². The van der Waals surface area contributed by atoms with Crippen LogP contribution in [0.4, 0.5) is 0 Å². The molecule has 0 spiro atoms. The molecule has 0 atom stereocenters. The summed E-state index contributed by atoms with van der Waals surface area (Å²) >= 11 is 0. The maximum absolute atomic E-state index is 11.3. The van der Waals surface area contributed by atoms with Gasteiger partial charge in [-0.1, -0.05) is 50.3 Å². The number of rotatable bonds is 15. The summed E-state index contributed by atoms with van der Waals surface area (Å²) in [5, 5.41) is 18.5. The summed E-state index contributed by atoms with van der Waals surface area (Å²) in [6.45, 7) is 5.80. The lowest BCUT2D eigenvalue weighted by molar-refractivity contribution is -0.147. The minimum atomic E-state index is -0.706. The molecule has 1 aromatic rings. The number of aryl methyl sites for hydroxylation is 2. The van der Waals surface area contributed by atoms with Gasteiger partial charge in [-0.05, 0) is 88.8 Å². The number of carboxylic acid groups (broad SMARTS) is 2. The Bertz CT molecular complexity index is 716. The van der Waals surface area contributed by atoms with Crippen LogP contribution >= 0.6 is 0 Å². The van der Waals surface area contributed by atoms with Gasteiger partial charge in [-0.25, -0.2) is 0 Å². The molecule has 2 N–H and O–H groups in total. The second-order valence-electron chi connectivity index (χ2n) is 9.96. The predicted octanol–water partition coefficient (Wildman–Crippen LogP) is 6.57. The van der Waals surface area contributed by atoms with E-state index in [-0.39, 0.29) is 5.41 Å². The van der Waals surface area contributed by atoms with Gasteiger partial charge in [0, 0.05) is 0 Å². The Kier molecular flexibility index (Phi) is 8.93. The standard InChI is InChI=1S/C26H40O4/c1-20-12-11-14-21(13-7-4-5-9-16-25(2,3)23(27)28)22(20)15-8-6-10-17-26(18-19-26)24(29)30/h11-12,14H,4-10,13,15-19H2,1-3H3,(H,27,28)(H,29,30). The Balaban J connectivity index is 1.70. The van der Waals surface area contributed by atoms with Gasteiger partial charge < -0.3 is 10.2 Å². The molecule has 30 heavy (non-hydrogen) atoms. The third-order valence-corrected chi connectivity index (χ3v) is 6.97. The monoisotopic (exact) mass is 416 g/mol. The fourth-order valence-electron chi connectivity index (χ4n) is 4.36. The molecule has 0 heterocycles. The SMILES string of the molecule is Cc1cccc(CCCCCCC(C)(C)C(=O)O)c1CCCCCC1(C(=O)O)CC1. The Morgan fingerprint density at radius 1 is 0.933 bits per heavy atom. The van der Waals surface area contributed by atoms with Crippen molar-refractivity contribution in [1.29, 1.82) is 0 Å². The number of hydrogen-bond acceptors (Lipinski definition) is 2. The summed E-state index contributed by atoms with van der Waals surface area (Å²) in [5.41, 5.74) is 3.29. The van der Waals surface area contributed by atoms with E-state index in [1.807, 2.05) is 0 Å². The van der Waals surface area contributed by atoms with Crippen molar-refractivity contribution >= 4 is 11.9 Å². The average molecular weight is 417 g/mol. The Morgan fingerprint density at radius 2 is 1.57 bits per heavy atom. The van der Waals surface area contributed by atoms with Crippen molar-refractivity contribution in [2.75, 3.05) is 0 Å². The summed E-state index contributed by atoms with van der Waals surface area (Å²) in [5.74, 6) is -1.31. The van der Waals surface area contributed by atoms with Crippen LogP contribution in [-0.2, 0) is 22.4 Å². The molecule has 0 saturated heterocycles. The Morgan fingerprint density at radius 3 is 2.20 bits per heavy atom. The minimum Gasteiger partial charge on any atom is -0.481 e. The fourth-order valence-corrected chi connectivity index (χ4v) is 4.36. The molecule has 1 aliphatic rings. The second-order valence-corrected chi connectivity index (χ2v) is 9.96. The summed E-state index contributed by atoms with van der Waals surface area (Å²) < 4.78 is 0. The van der Waals surface area contributed by atoms with Crippen LogP contribution < -0.4 is 0 Å². The molecule has 168 valence electrons. The van der Waals surface area contributed by atoms with Crippen LogP contribution in [0.5, 0.6) is 0 Å². The maximum atomic E-state index is 11.3. The molecule has 0 unspecified atom stereocenters. The van der Waals surface area contributed by atoms with Gasteiger partial charge in [-0.3, -0.25) is 9.59 Å². The third-order valence-electron chi connectivity index (χ3n) is 6.97. The highest BCUT2D eigenvalue weighted by Crippen LogP contribution is 2.50. The molecule has 0 amide bonds. The van der Waals surface area contributed by atoms with E-state index < -0.39 is 17.4 Å². The van der Waals surface area contributed by atoms with Crippen LogP contribution in [0.15, 0.2) is 18.2 Å². The first-order chi connectivity index (χ1) is 14.2. The Labute approximate surface area is 182 Å². The van der Waals surface area contributed by atoms with Crippen LogP contribution in [-0.4, -0.2) is 22.2 Å². The van der Waals surface area contributed by atoms with Crippen LogP contribution in [0.1, 0.15) is 101 Å². The molecular formula is C26H40O4. The van der Waals surface area contributed by atoms with Crippen molar-refractivity contribution in [1.82, 2.24) is 0 Å². The van der Waals surface area contributed by atoms with Gasteiger partial charge in [-0.2, -0.15) is 0 Å². The molecule has 1 aromatic carbocycles. The molecule has 1 saturated carbocycles. The average Bonchev–Trinajstić information content (AvgIpc) is 3.47. The van der Waals surface area contributed by atoms with Crippen molar-refractivity contribution in [3.8, 4) is 0 Å². The lowest BCUT2D eigenvalue weighted by Crippen LogP contribution is -2.23. The van der Waals surface area contributed by atoms with Crippen LogP contribution in [0.25, 0.3) is 0 Å². The summed E-state index contributed by atoms with van der Waals surface area (Å²) in [7, 11) is 0. The topological polar surface area (TPSA) is 74.6 Å². The second kappa shape index (κ2) is 11.0. The van der Waals surface area contributed by atoms with Gasteiger partial charge >= 0.3 is 11.9 Å². The number of hydrogen-bond donors (Lipinski definition) is 2. The molecule has 4 heteroatoms. The molecule has 0 bridgehead atoms. The zero-order chi connectivity index (χ0) is 22.2. The number of aliphatic carboxylic acids is 2. The van der Waals surface area contributed by atoms with Crippen molar-refractivity contribution in [3.05, 3.63) is 34.9 Å². The molecular weight excluding hydrogens is 376 g/mol. The molecule has 2 rings (SSSR count). The van der Waals surface area contributed by atoms with Gasteiger partial charge in [0.25, 0.3) is 0 Å². The van der Waals surface area contributed by atoms with Gasteiger partial charge in [-0.15, -0.1) is 0 Å². The summed E-state index contributed by atoms with van der Waals surface area (Å²) in [4.78, 5) is 22.5.